The van der Waals surface area contributed by atoms with Crippen LogP contribution in [0.25, 0.3) is 11.3 Å². The molecule has 2 rings (SSSR count). The van der Waals surface area contributed by atoms with E-state index in [1.165, 1.54) is 18.7 Å². The zero-order valence-corrected chi connectivity index (χ0v) is 6.20. The number of aromatic nitrogens is 1. The highest BCUT2D eigenvalue weighted by molar-refractivity contribution is 5.56. The first kappa shape index (κ1) is 7.03. The van der Waals surface area contributed by atoms with Crippen LogP contribution in [0, 0.1) is 5.82 Å². The standard InChI is InChI=1S/C9H6FNO/c10-8-4-2-1-3-7(8)9-5-11-6-12-9/h1-6H. The molecule has 0 atom stereocenters. The minimum absolute atomic E-state index is 0.297. The summed E-state index contributed by atoms with van der Waals surface area (Å²) in [7, 11) is 0. The van der Waals surface area contributed by atoms with Crippen molar-refractivity contribution in [3.63, 3.8) is 0 Å². The molecule has 60 valence electrons. The second-order valence-electron chi connectivity index (χ2n) is 2.35. The Labute approximate surface area is 68.7 Å². The van der Waals surface area contributed by atoms with E-state index in [9.17, 15) is 4.39 Å². The summed E-state index contributed by atoms with van der Waals surface area (Å²) in [4.78, 5) is 3.71. The SMILES string of the molecule is Fc1ccccc1-c1cnco1. The van der Waals surface area contributed by atoms with Gasteiger partial charge in [0.15, 0.2) is 12.2 Å². The molecule has 0 spiro atoms. The van der Waals surface area contributed by atoms with Crippen LogP contribution in [0.15, 0.2) is 41.3 Å². The Hall–Kier alpha value is -1.64. The van der Waals surface area contributed by atoms with Gasteiger partial charge in [-0.25, -0.2) is 9.37 Å². The van der Waals surface area contributed by atoms with Gasteiger partial charge in [-0.2, -0.15) is 0 Å². The van der Waals surface area contributed by atoms with Crippen molar-refractivity contribution in [2.75, 3.05) is 0 Å². The van der Waals surface area contributed by atoms with Crippen molar-refractivity contribution < 1.29 is 8.81 Å². The van der Waals surface area contributed by atoms with E-state index in [0.29, 0.717) is 11.3 Å². The van der Waals surface area contributed by atoms with Crippen molar-refractivity contribution in [3.05, 3.63) is 42.7 Å². The third-order valence-corrected chi connectivity index (χ3v) is 1.57. The first-order valence-corrected chi connectivity index (χ1v) is 3.51. The van der Waals surface area contributed by atoms with E-state index < -0.39 is 0 Å². The van der Waals surface area contributed by atoms with Gasteiger partial charge in [0.1, 0.15) is 5.82 Å². The molecule has 1 heterocycles. The summed E-state index contributed by atoms with van der Waals surface area (Å²) in [5.41, 5.74) is 0.440. The van der Waals surface area contributed by atoms with Crippen LogP contribution in [-0.2, 0) is 0 Å². The Balaban J connectivity index is 2.55. The van der Waals surface area contributed by atoms with Crippen LogP contribution in [-0.4, -0.2) is 4.98 Å². The summed E-state index contributed by atoms with van der Waals surface area (Å²) >= 11 is 0. The third-order valence-electron chi connectivity index (χ3n) is 1.57. The number of halogens is 1. The molecule has 0 N–H and O–H groups in total. The number of hydrogen-bond acceptors (Lipinski definition) is 2. The predicted molar refractivity (Wildman–Crippen MR) is 41.9 cm³/mol. The van der Waals surface area contributed by atoms with Crippen LogP contribution in [0.5, 0.6) is 0 Å². The van der Waals surface area contributed by atoms with Crippen molar-refractivity contribution in [1.29, 1.82) is 0 Å². The first-order valence-electron chi connectivity index (χ1n) is 3.51. The van der Waals surface area contributed by atoms with Crippen molar-refractivity contribution in [2.24, 2.45) is 0 Å². The number of rotatable bonds is 1. The molecule has 0 aliphatic heterocycles. The molecular formula is C9H6FNO. The first-order chi connectivity index (χ1) is 5.88. The van der Waals surface area contributed by atoms with Gasteiger partial charge in [0.05, 0.1) is 11.8 Å². The lowest BCUT2D eigenvalue weighted by Crippen LogP contribution is -1.79. The van der Waals surface area contributed by atoms with E-state index in [1.807, 2.05) is 0 Å². The van der Waals surface area contributed by atoms with Crippen LogP contribution < -0.4 is 0 Å². The largest absolute Gasteiger partial charge is 0.443 e. The molecular weight excluding hydrogens is 157 g/mol. The smallest absolute Gasteiger partial charge is 0.181 e. The highest BCUT2D eigenvalue weighted by Crippen LogP contribution is 2.20. The van der Waals surface area contributed by atoms with Crippen molar-refractivity contribution in [2.45, 2.75) is 0 Å². The highest BCUT2D eigenvalue weighted by atomic mass is 19.1. The Kier molecular flexibility index (Phi) is 1.63. The maximum Gasteiger partial charge on any atom is 0.181 e. The van der Waals surface area contributed by atoms with Gasteiger partial charge in [0.25, 0.3) is 0 Å². The molecule has 0 aliphatic rings. The summed E-state index contributed by atoms with van der Waals surface area (Å²) in [5, 5.41) is 0. The van der Waals surface area contributed by atoms with Crippen LogP contribution >= 0.6 is 0 Å². The highest BCUT2D eigenvalue weighted by Gasteiger charge is 2.05. The molecule has 0 fully saturated rings. The predicted octanol–water partition coefficient (Wildman–Crippen LogP) is 2.48. The average molecular weight is 163 g/mol. The normalized spacial score (nSPS) is 10.1. The lowest BCUT2D eigenvalue weighted by molar-refractivity contribution is 0.561. The topological polar surface area (TPSA) is 26.0 Å². The lowest BCUT2D eigenvalue weighted by atomic mass is 10.2. The molecule has 1 aromatic carbocycles. The molecule has 1 aromatic heterocycles. The van der Waals surface area contributed by atoms with Crippen LogP contribution in [0.4, 0.5) is 4.39 Å². The monoisotopic (exact) mass is 163 g/mol. The fourth-order valence-corrected chi connectivity index (χ4v) is 1.01. The van der Waals surface area contributed by atoms with E-state index in [0.717, 1.165) is 0 Å². The van der Waals surface area contributed by atoms with E-state index in [1.54, 1.807) is 18.2 Å². The van der Waals surface area contributed by atoms with Gasteiger partial charge < -0.3 is 4.42 Å². The minimum Gasteiger partial charge on any atom is -0.443 e. The Morgan fingerprint density at radius 3 is 2.75 bits per heavy atom. The van der Waals surface area contributed by atoms with Crippen LogP contribution in [0.1, 0.15) is 0 Å². The van der Waals surface area contributed by atoms with Crippen molar-refractivity contribution >= 4 is 0 Å². The summed E-state index contributed by atoms with van der Waals surface area (Å²) in [6.07, 6.45) is 2.76. The third kappa shape index (κ3) is 1.09. The van der Waals surface area contributed by atoms with Crippen LogP contribution in [0.2, 0.25) is 0 Å². The molecule has 12 heavy (non-hydrogen) atoms. The summed E-state index contributed by atoms with van der Waals surface area (Å²) < 4.78 is 18.0. The van der Waals surface area contributed by atoms with Gasteiger partial charge in [-0.15, -0.1) is 0 Å². The Bertz CT molecular complexity index is 370. The maximum atomic E-state index is 13.1. The number of benzene rings is 1. The maximum absolute atomic E-state index is 13.1. The van der Waals surface area contributed by atoms with Gasteiger partial charge in [-0.05, 0) is 12.1 Å². The molecule has 2 nitrogen and oxygen atoms in total. The summed E-state index contributed by atoms with van der Waals surface area (Å²) in [6, 6.07) is 6.42. The fraction of sp³-hybridized carbons (Fsp3) is 0. The Morgan fingerprint density at radius 1 is 1.25 bits per heavy atom. The van der Waals surface area contributed by atoms with Crippen LogP contribution in [0.3, 0.4) is 0 Å². The summed E-state index contributed by atoms with van der Waals surface area (Å²) in [6.45, 7) is 0. The fourth-order valence-electron chi connectivity index (χ4n) is 1.01. The van der Waals surface area contributed by atoms with E-state index in [2.05, 4.69) is 4.98 Å². The van der Waals surface area contributed by atoms with Gasteiger partial charge in [0, 0.05) is 0 Å². The second kappa shape index (κ2) is 2.77. The van der Waals surface area contributed by atoms with E-state index in [4.69, 9.17) is 4.42 Å². The number of hydrogen-bond donors (Lipinski definition) is 0. The molecule has 3 heteroatoms. The zero-order chi connectivity index (χ0) is 8.39. The molecule has 0 unspecified atom stereocenters. The van der Waals surface area contributed by atoms with Gasteiger partial charge in [0.2, 0.25) is 0 Å². The molecule has 2 aromatic rings. The van der Waals surface area contributed by atoms with E-state index >= 15 is 0 Å². The minimum atomic E-state index is -0.297. The van der Waals surface area contributed by atoms with Crippen molar-refractivity contribution in [1.82, 2.24) is 4.98 Å². The van der Waals surface area contributed by atoms with E-state index in [-0.39, 0.29) is 5.82 Å². The average Bonchev–Trinajstić information content (AvgIpc) is 2.57. The van der Waals surface area contributed by atoms with Gasteiger partial charge >= 0.3 is 0 Å². The zero-order valence-electron chi connectivity index (χ0n) is 6.20. The molecule has 0 radical (unpaired) electrons. The molecule has 0 saturated heterocycles. The van der Waals surface area contributed by atoms with Gasteiger partial charge in [-0.3, -0.25) is 0 Å². The van der Waals surface area contributed by atoms with Crippen molar-refractivity contribution in [3.8, 4) is 11.3 Å². The molecule has 0 aliphatic carbocycles. The van der Waals surface area contributed by atoms with Gasteiger partial charge in [-0.1, -0.05) is 12.1 Å². The number of oxazole rings is 1. The second-order valence-corrected chi connectivity index (χ2v) is 2.35. The molecule has 0 amide bonds. The Morgan fingerprint density at radius 2 is 2.08 bits per heavy atom. The molecule has 0 saturated carbocycles. The quantitative estimate of drug-likeness (QED) is 0.645. The molecule has 0 bridgehead atoms. The summed E-state index contributed by atoms with van der Waals surface area (Å²) in [5.74, 6) is 0.155. The lowest BCUT2D eigenvalue weighted by Gasteiger charge is -1.95. The number of nitrogens with zero attached hydrogens (tertiary/aromatic N) is 1.